The first-order valence-corrected chi connectivity index (χ1v) is 6.43. The first-order valence-electron chi connectivity index (χ1n) is 6.43. The topological polar surface area (TPSA) is 71.6 Å². The molecule has 2 heterocycles. The van der Waals surface area contributed by atoms with Crippen LogP contribution in [-0.2, 0) is 4.74 Å². The van der Waals surface area contributed by atoms with Crippen molar-refractivity contribution in [3.63, 3.8) is 0 Å². The molecule has 3 N–H and O–H groups in total. The molecule has 18 heavy (non-hydrogen) atoms. The van der Waals surface area contributed by atoms with Crippen LogP contribution in [0.2, 0.25) is 0 Å². The van der Waals surface area contributed by atoms with E-state index in [0.717, 1.165) is 24.3 Å². The number of nitrogens with two attached hydrogens (primary N) is 1. The van der Waals surface area contributed by atoms with Gasteiger partial charge in [0.25, 0.3) is 0 Å². The maximum absolute atomic E-state index is 9.34. The molecule has 2 atom stereocenters. The summed E-state index contributed by atoms with van der Waals surface area (Å²) in [5.41, 5.74) is 7.87. The minimum absolute atomic E-state index is 0.00243. The number of anilines is 1. The molecular weight excluding hydrogens is 230 g/mol. The normalized spacial score (nSPS) is 21.9. The molecule has 5 heteroatoms. The fourth-order valence-electron chi connectivity index (χ4n) is 2.14. The first-order chi connectivity index (χ1) is 8.76. The predicted molar refractivity (Wildman–Crippen MR) is 70.5 cm³/mol. The highest BCUT2D eigenvalue weighted by Gasteiger charge is 2.22. The summed E-state index contributed by atoms with van der Waals surface area (Å²) < 4.78 is 5.36. The predicted octanol–water partition coefficient (Wildman–Crippen LogP) is 0.689. The van der Waals surface area contributed by atoms with Gasteiger partial charge in [0.2, 0.25) is 0 Å². The average Bonchev–Trinajstić information content (AvgIpc) is 2.46. The molecule has 0 aromatic carbocycles. The third-order valence-electron chi connectivity index (χ3n) is 3.36. The van der Waals surface area contributed by atoms with Crippen molar-refractivity contribution in [1.82, 2.24) is 4.98 Å². The minimum atomic E-state index is -0.00243. The van der Waals surface area contributed by atoms with E-state index in [1.807, 2.05) is 25.3 Å². The molecule has 1 aromatic rings. The molecule has 1 aromatic heterocycles. The smallest absolute Gasteiger partial charge is 0.0756 e. The molecule has 1 aliphatic rings. The molecule has 2 rings (SSSR count). The van der Waals surface area contributed by atoms with Gasteiger partial charge < -0.3 is 20.5 Å². The molecule has 0 spiro atoms. The maximum atomic E-state index is 9.34. The standard InChI is InChI=1S/C13H21N3O2/c1-2-12(14)13-4-3-10(7-15-13)16-5-6-18-9-11(16)8-17/h3-4,7,11-12,17H,2,5-6,8-9,14H2,1H3. The number of rotatable bonds is 4. The van der Waals surface area contributed by atoms with E-state index in [0.29, 0.717) is 13.2 Å². The second-order valence-corrected chi connectivity index (χ2v) is 4.56. The van der Waals surface area contributed by atoms with Crippen molar-refractivity contribution in [2.45, 2.75) is 25.4 Å². The largest absolute Gasteiger partial charge is 0.394 e. The average molecular weight is 251 g/mol. The van der Waals surface area contributed by atoms with Gasteiger partial charge in [0, 0.05) is 12.6 Å². The number of nitrogens with zero attached hydrogens (tertiary/aromatic N) is 2. The van der Waals surface area contributed by atoms with Crippen LogP contribution in [-0.4, -0.2) is 42.5 Å². The fourth-order valence-corrected chi connectivity index (χ4v) is 2.14. The highest BCUT2D eigenvalue weighted by molar-refractivity contribution is 5.46. The Morgan fingerprint density at radius 3 is 3.06 bits per heavy atom. The molecule has 1 saturated heterocycles. The van der Waals surface area contributed by atoms with E-state index in [4.69, 9.17) is 10.5 Å². The van der Waals surface area contributed by atoms with Gasteiger partial charge >= 0.3 is 0 Å². The Morgan fingerprint density at radius 2 is 2.44 bits per heavy atom. The molecule has 0 radical (unpaired) electrons. The van der Waals surface area contributed by atoms with Gasteiger partial charge in [-0.05, 0) is 18.6 Å². The molecule has 1 aliphatic heterocycles. The van der Waals surface area contributed by atoms with E-state index in [1.54, 1.807) is 0 Å². The number of aromatic nitrogens is 1. The molecule has 0 aliphatic carbocycles. The highest BCUT2D eigenvalue weighted by Crippen LogP contribution is 2.20. The summed E-state index contributed by atoms with van der Waals surface area (Å²) in [5.74, 6) is 0. The van der Waals surface area contributed by atoms with Crippen molar-refractivity contribution in [2.24, 2.45) is 5.73 Å². The third kappa shape index (κ3) is 2.80. The lowest BCUT2D eigenvalue weighted by Crippen LogP contribution is -2.47. The Hall–Kier alpha value is -1.17. The van der Waals surface area contributed by atoms with Crippen LogP contribution in [0.3, 0.4) is 0 Å². The molecule has 0 saturated carbocycles. The SMILES string of the molecule is CCC(N)c1ccc(N2CCOCC2CO)cn1. The Kier molecular flexibility index (Phi) is 4.52. The van der Waals surface area contributed by atoms with Gasteiger partial charge in [0.1, 0.15) is 0 Å². The summed E-state index contributed by atoms with van der Waals surface area (Å²) in [6.07, 6.45) is 2.71. The number of aliphatic hydroxyl groups excluding tert-OH is 1. The molecule has 2 unspecified atom stereocenters. The summed E-state index contributed by atoms with van der Waals surface area (Å²) in [6.45, 7) is 4.17. The summed E-state index contributed by atoms with van der Waals surface area (Å²) in [7, 11) is 0. The van der Waals surface area contributed by atoms with Crippen molar-refractivity contribution >= 4 is 5.69 Å². The monoisotopic (exact) mass is 251 g/mol. The molecule has 5 nitrogen and oxygen atoms in total. The minimum Gasteiger partial charge on any atom is -0.394 e. The summed E-state index contributed by atoms with van der Waals surface area (Å²) in [5, 5.41) is 9.34. The van der Waals surface area contributed by atoms with E-state index >= 15 is 0 Å². The summed E-state index contributed by atoms with van der Waals surface area (Å²) in [4.78, 5) is 6.54. The van der Waals surface area contributed by atoms with Gasteiger partial charge in [-0.3, -0.25) is 4.98 Å². The Labute approximate surface area is 108 Å². The zero-order chi connectivity index (χ0) is 13.0. The Morgan fingerprint density at radius 1 is 1.61 bits per heavy atom. The second kappa shape index (κ2) is 6.13. The van der Waals surface area contributed by atoms with Gasteiger partial charge in [-0.2, -0.15) is 0 Å². The van der Waals surface area contributed by atoms with Gasteiger partial charge in [0.05, 0.1) is 43.4 Å². The fraction of sp³-hybridized carbons (Fsp3) is 0.615. The van der Waals surface area contributed by atoms with E-state index in [2.05, 4.69) is 9.88 Å². The van der Waals surface area contributed by atoms with E-state index in [9.17, 15) is 5.11 Å². The number of ether oxygens (including phenoxy) is 1. The zero-order valence-corrected chi connectivity index (χ0v) is 10.7. The first kappa shape index (κ1) is 13.3. The van der Waals surface area contributed by atoms with Crippen LogP contribution in [0.25, 0.3) is 0 Å². The number of morpholine rings is 1. The van der Waals surface area contributed by atoms with Crippen molar-refractivity contribution in [3.05, 3.63) is 24.0 Å². The number of hydrogen-bond acceptors (Lipinski definition) is 5. The number of aliphatic hydroxyl groups is 1. The third-order valence-corrected chi connectivity index (χ3v) is 3.36. The van der Waals surface area contributed by atoms with Crippen LogP contribution in [0.1, 0.15) is 25.1 Å². The Balaban J connectivity index is 2.12. The van der Waals surface area contributed by atoms with Gasteiger partial charge in [-0.15, -0.1) is 0 Å². The molecule has 1 fully saturated rings. The van der Waals surface area contributed by atoms with Crippen LogP contribution in [0.5, 0.6) is 0 Å². The Bertz CT molecular complexity index is 369. The molecular formula is C13H21N3O2. The van der Waals surface area contributed by atoms with E-state index < -0.39 is 0 Å². The molecule has 0 amide bonds. The van der Waals surface area contributed by atoms with Crippen molar-refractivity contribution < 1.29 is 9.84 Å². The quantitative estimate of drug-likeness (QED) is 0.823. The van der Waals surface area contributed by atoms with Gasteiger partial charge in [0.15, 0.2) is 0 Å². The lowest BCUT2D eigenvalue weighted by atomic mass is 10.1. The van der Waals surface area contributed by atoms with Gasteiger partial charge in [-0.25, -0.2) is 0 Å². The van der Waals surface area contributed by atoms with Crippen LogP contribution in [0.4, 0.5) is 5.69 Å². The molecule has 0 bridgehead atoms. The second-order valence-electron chi connectivity index (χ2n) is 4.56. The van der Waals surface area contributed by atoms with Crippen molar-refractivity contribution in [3.8, 4) is 0 Å². The van der Waals surface area contributed by atoms with Crippen molar-refractivity contribution in [1.29, 1.82) is 0 Å². The van der Waals surface area contributed by atoms with Crippen molar-refractivity contribution in [2.75, 3.05) is 31.3 Å². The molecule has 100 valence electrons. The summed E-state index contributed by atoms with van der Waals surface area (Å²) >= 11 is 0. The highest BCUT2D eigenvalue weighted by atomic mass is 16.5. The lowest BCUT2D eigenvalue weighted by molar-refractivity contribution is 0.0727. The lowest BCUT2D eigenvalue weighted by Gasteiger charge is -2.36. The van der Waals surface area contributed by atoms with Crippen LogP contribution >= 0.6 is 0 Å². The van der Waals surface area contributed by atoms with E-state index in [-0.39, 0.29) is 18.7 Å². The number of pyridine rings is 1. The summed E-state index contributed by atoms with van der Waals surface area (Å²) in [6, 6.07) is 4.00. The maximum Gasteiger partial charge on any atom is 0.0756 e. The van der Waals surface area contributed by atoms with Gasteiger partial charge in [-0.1, -0.05) is 6.92 Å². The zero-order valence-electron chi connectivity index (χ0n) is 10.7. The van der Waals surface area contributed by atoms with Crippen LogP contribution < -0.4 is 10.6 Å². The van der Waals surface area contributed by atoms with Crippen LogP contribution in [0, 0.1) is 0 Å². The van der Waals surface area contributed by atoms with E-state index in [1.165, 1.54) is 0 Å². The van der Waals surface area contributed by atoms with Crippen LogP contribution in [0.15, 0.2) is 18.3 Å². The number of hydrogen-bond donors (Lipinski definition) is 2.